The second-order valence-corrected chi connectivity index (χ2v) is 3.91. The first kappa shape index (κ1) is 11.5. The summed E-state index contributed by atoms with van der Waals surface area (Å²) in [5, 5.41) is 0.791. The van der Waals surface area contributed by atoms with Gasteiger partial charge in [0, 0.05) is 11.6 Å². The maximum atomic E-state index is 5.86. The number of ether oxygens (including phenoxy) is 1. The second kappa shape index (κ2) is 6.05. The largest absolute Gasteiger partial charge is 0.377 e. The summed E-state index contributed by atoms with van der Waals surface area (Å²) in [6, 6.07) is 5.91. The van der Waals surface area contributed by atoms with E-state index in [4.69, 9.17) is 16.3 Å². The van der Waals surface area contributed by atoms with Crippen molar-refractivity contribution in [2.24, 2.45) is 0 Å². The van der Waals surface area contributed by atoms with E-state index in [2.05, 4.69) is 13.8 Å². The molecule has 0 saturated heterocycles. The van der Waals surface area contributed by atoms with Crippen LogP contribution in [0.4, 0.5) is 0 Å². The van der Waals surface area contributed by atoms with E-state index in [1.54, 1.807) is 0 Å². The minimum Gasteiger partial charge on any atom is -0.377 e. The Labute approximate surface area is 91.0 Å². The standard InChI is InChI=1S/C12H17ClO/c1-3-4-7-14-9-11-5-6-12(13)8-10(11)2/h5-6,8H,3-4,7,9H2,1-2H3. The van der Waals surface area contributed by atoms with E-state index < -0.39 is 0 Å². The van der Waals surface area contributed by atoms with Crippen molar-refractivity contribution in [2.45, 2.75) is 33.3 Å². The molecular weight excluding hydrogens is 196 g/mol. The van der Waals surface area contributed by atoms with Gasteiger partial charge < -0.3 is 4.74 Å². The fourth-order valence-corrected chi connectivity index (χ4v) is 1.48. The minimum atomic E-state index is 0.697. The normalized spacial score (nSPS) is 10.5. The third-order valence-electron chi connectivity index (χ3n) is 2.20. The summed E-state index contributed by atoms with van der Waals surface area (Å²) in [4.78, 5) is 0. The van der Waals surface area contributed by atoms with Crippen LogP contribution >= 0.6 is 11.6 Å². The third kappa shape index (κ3) is 3.69. The first-order valence-electron chi connectivity index (χ1n) is 5.07. The van der Waals surface area contributed by atoms with Gasteiger partial charge in [0.25, 0.3) is 0 Å². The lowest BCUT2D eigenvalue weighted by molar-refractivity contribution is 0.117. The SMILES string of the molecule is CCCCOCc1ccc(Cl)cc1C. The van der Waals surface area contributed by atoms with Crippen molar-refractivity contribution in [2.75, 3.05) is 6.61 Å². The molecule has 0 saturated carbocycles. The summed E-state index contributed by atoms with van der Waals surface area (Å²) in [7, 11) is 0. The van der Waals surface area contributed by atoms with E-state index in [1.807, 2.05) is 18.2 Å². The Hall–Kier alpha value is -0.530. The zero-order chi connectivity index (χ0) is 10.4. The highest BCUT2D eigenvalue weighted by molar-refractivity contribution is 6.30. The van der Waals surface area contributed by atoms with Crippen molar-refractivity contribution in [3.05, 3.63) is 34.3 Å². The van der Waals surface area contributed by atoms with E-state index in [0.29, 0.717) is 6.61 Å². The number of rotatable bonds is 5. The van der Waals surface area contributed by atoms with Gasteiger partial charge in [-0.15, -0.1) is 0 Å². The van der Waals surface area contributed by atoms with Crippen molar-refractivity contribution in [1.29, 1.82) is 0 Å². The van der Waals surface area contributed by atoms with Crippen molar-refractivity contribution in [3.63, 3.8) is 0 Å². The Kier molecular flexibility index (Phi) is 4.99. The summed E-state index contributed by atoms with van der Waals surface area (Å²) in [5.74, 6) is 0. The zero-order valence-corrected chi connectivity index (χ0v) is 9.60. The van der Waals surface area contributed by atoms with Gasteiger partial charge in [-0.05, 0) is 36.6 Å². The smallest absolute Gasteiger partial charge is 0.0719 e. The molecule has 2 heteroatoms. The van der Waals surface area contributed by atoms with E-state index in [0.717, 1.165) is 18.1 Å². The number of hydrogen-bond donors (Lipinski definition) is 0. The summed E-state index contributed by atoms with van der Waals surface area (Å²) >= 11 is 5.86. The van der Waals surface area contributed by atoms with Crippen LogP contribution in [0.5, 0.6) is 0 Å². The Balaban J connectivity index is 2.42. The topological polar surface area (TPSA) is 9.23 Å². The summed E-state index contributed by atoms with van der Waals surface area (Å²) < 4.78 is 5.54. The van der Waals surface area contributed by atoms with Gasteiger partial charge in [-0.3, -0.25) is 0 Å². The molecule has 0 bridgehead atoms. The average Bonchev–Trinajstić information content (AvgIpc) is 2.15. The van der Waals surface area contributed by atoms with Crippen molar-refractivity contribution in [3.8, 4) is 0 Å². The predicted molar refractivity (Wildman–Crippen MR) is 60.8 cm³/mol. The Morgan fingerprint density at radius 2 is 2.14 bits per heavy atom. The fourth-order valence-electron chi connectivity index (χ4n) is 1.25. The Morgan fingerprint density at radius 3 is 2.79 bits per heavy atom. The molecule has 1 nitrogen and oxygen atoms in total. The highest BCUT2D eigenvalue weighted by Crippen LogP contribution is 2.15. The molecule has 1 aromatic carbocycles. The first-order chi connectivity index (χ1) is 6.74. The number of hydrogen-bond acceptors (Lipinski definition) is 1. The van der Waals surface area contributed by atoms with Gasteiger partial charge in [-0.1, -0.05) is 31.0 Å². The highest BCUT2D eigenvalue weighted by Gasteiger charge is 1.98. The zero-order valence-electron chi connectivity index (χ0n) is 8.85. The molecule has 0 aliphatic rings. The van der Waals surface area contributed by atoms with E-state index in [9.17, 15) is 0 Å². The van der Waals surface area contributed by atoms with Gasteiger partial charge >= 0.3 is 0 Å². The van der Waals surface area contributed by atoms with Crippen molar-refractivity contribution in [1.82, 2.24) is 0 Å². The molecule has 0 unspecified atom stereocenters. The lowest BCUT2D eigenvalue weighted by Crippen LogP contribution is -1.96. The van der Waals surface area contributed by atoms with Gasteiger partial charge in [0.1, 0.15) is 0 Å². The van der Waals surface area contributed by atoms with Crippen LogP contribution < -0.4 is 0 Å². The molecule has 0 radical (unpaired) electrons. The number of unbranched alkanes of at least 4 members (excludes halogenated alkanes) is 1. The number of benzene rings is 1. The van der Waals surface area contributed by atoms with Crippen LogP contribution in [-0.2, 0) is 11.3 Å². The lowest BCUT2D eigenvalue weighted by atomic mass is 10.1. The van der Waals surface area contributed by atoms with Gasteiger partial charge in [0.05, 0.1) is 6.61 Å². The van der Waals surface area contributed by atoms with Crippen LogP contribution in [0.25, 0.3) is 0 Å². The molecule has 0 aliphatic heterocycles. The van der Waals surface area contributed by atoms with Crippen LogP contribution in [0.15, 0.2) is 18.2 Å². The maximum absolute atomic E-state index is 5.86. The van der Waals surface area contributed by atoms with Crippen LogP contribution in [-0.4, -0.2) is 6.61 Å². The molecule has 14 heavy (non-hydrogen) atoms. The molecule has 0 spiro atoms. The summed E-state index contributed by atoms with van der Waals surface area (Å²) in [6.07, 6.45) is 2.31. The van der Waals surface area contributed by atoms with Crippen molar-refractivity contribution < 1.29 is 4.74 Å². The van der Waals surface area contributed by atoms with Crippen LogP contribution in [0, 0.1) is 6.92 Å². The number of halogens is 1. The molecular formula is C12H17ClO. The summed E-state index contributed by atoms with van der Waals surface area (Å²) in [5.41, 5.74) is 2.43. The van der Waals surface area contributed by atoms with Crippen LogP contribution in [0.1, 0.15) is 30.9 Å². The number of aryl methyl sites for hydroxylation is 1. The fraction of sp³-hybridized carbons (Fsp3) is 0.500. The molecule has 0 aromatic heterocycles. The monoisotopic (exact) mass is 212 g/mol. The second-order valence-electron chi connectivity index (χ2n) is 3.48. The molecule has 0 amide bonds. The van der Waals surface area contributed by atoms with Gasteiger partial charge in [-0.25, -0.2) is 0 Å². The molecule has 0 N–H and O–H groups in total. The minimum absolute atomic E-state index is 0.697. The predicted octanol–water partition coefficient (Wildman–Crippen LogP) is 3.97. The third-order valence-corrected chi connectivity index (χ3v) is 2.44. The lowest BCUT2D eigenvalue weighted by Gasteiger charge is -2.06. The van der Waals surface area contributed by atoms with E-state index >= 15 is 0 Å². The first-order valence-corrected chi connectivity index (χ1v) is 5.44. The van der Waals surface area contributed by atoms with Crippen molar-refractivity contribution >= 4 is 11.6 Å². The highest BCUT2D eigenvalue weighted by atomic mass is 35.5. The van der Waals surface area contributed by atoms with E-state index in [1.165, 1.54) is 17.5 Å². The molecule has 1 aromatic rings. The molecule has 78 valence electrons. The maximum Gasteiger partial charge on any atom is 0.0719 e. The van der Waals surface area contributed by atoms with Gasteiger partial charge in [-0.2, -0.15) is 0 Å². The van der Waals surface area contributed by atoms with Gasteiger partial charge in [0.2, 0.25) is 0 Å². The molecule has 0 fully saturated rings. The summed E-state index contributed by atoms with van der Waals surface area (Å²) in [6.45, 7) is 5.77. The average molecular weight is 213 g/mol. The molecule has 0 heterocycles. The quantitative estimate of drug-likeness (QED) is 0.672. The molecule has 0 atom stereocenters. The molecule has 0 aliphatic carbocycles. The van der Waals surface area contributed by atoms with Gasteiger partial charge in [0.15, 0.2) is 0 Å². The molecule has 1 rings (SSSR count). The van der Waals surface area contributed by atoms with Crippen LogP contribution in [0.2, 0.25) is 5.02 Å². The van der Waals surface area contributed by atoms with Crippen LogP contribution in [0.3, 0.4) is 0 Å². The Bertz CT molecular complexity index is 284. The van der Waals surface area contributed by atoms with E-state index in [-0.39, 0.29) is 0 Å². The Morgan fingerprint density at radius 1 is 1.36 bits per heavy atom.